The normalized spacial score (nSPS) is 11.8. The van der Waals surface area contributed by atoms with E-state index in [0.29, 0.717) is 17.5 Å². The van der Waals surface area contributed by atoms with Gasteiger partial charge in [0.15, 0.2) is 0 Å². The molecule has 2 nitrogen and oxygen atoms in total. The highest BCUT2D eigenvalue weighted by Gasteiger charge is 2.31. The van der Waals surface area contributed by atoms with E-state index >= 15 is 0 Å². The van der Waals surface area contributed by atoms with Gasteiger partial charge in [0.1, 0.15) is 16.5 Å². The molecule has 20 heavy (non-hydrogen) atoms. The molecule has 2 N–H and O–H groups in total. The molecule has 1 aromatic heterocycles. The van der Waals surface area contributed by atoms with Gasteiger partial charge in [-0.05, 0) is 31.0 Å². The van der Waals surface area contributed by atoms with Gasteiger partial charge < -0.3 is 5.73 Å². The number of halogens is 4. The Morgan fingerprint density at radius 1 is 1.25 bits per heavy atom. The summed E-state index contributed by atoms with van der Waals surface area (Å²) in [5, 5.41) is 1.03. The lowest BCUT2D eigenvalue weighted by atomic mass is 10.1. The minimum Gasteiger partial charge on any atom is -0.389 e. The predicted octanol–water partition coefficient (Wildman–Crippen LogP) is 4.50. The fourth-order valence-corrected chi connectivity index (χ4v) is 2.75. The lowest BCUT2D eigenvalue weighted by Crippen LogP contribution is -2.05. The summed E-state index contributed by atoms with van der Waals surface area (Å²) in [6.07, 6.45) is -3.06. The molecule has 0 unspecified atom stereocenters. The third-order valence-electron chi connectivity index (χ3n) is 2.66. The SMILES string of the molecule is CCCc1nc(-c2cc(F)cc(C(F)(F)F)c2)c(N)s1. The largest absolute Gasteiger partial charge is 0.416 e. The molecule has 7 heteroatoms. The molecule has 0 aliphatic rings. The molecule has 0 aliphatic heterocycles. The third-order valence-corrected chi connectivity index (χ3v) is 3.60. The Balaban J connectivity index is 2.50. The Kier molecular flexibility index (Phi) is 3.99. The summed E-state index contributed by atoms with van der Waals surface area (Å²) in [5.41, 5.74) is 4.98. The first kappa shape index (κ1) is 14.8. The number of hydrogen-bond donors (Lipinski definition) is 1. The second-order valence-electron chi connectivity index (χ2n) is 4.30. The molecule has 0 radical (unpaired) electrons. The Morgan fingerprint density at radius 3 is 2.55 bits per heavy atom. The Hall–Kier alpha value is -1.63. The number of aryl methyl sites for hydroxylation is 1. The van der Waals surface area contributed by atoms with Gasteiger partial charge in [-0.3, -0.25) is 0 Å². The monoisotopic (exact) mass is 304 g/mol. The fraction of sp³-hybridized carbons (Fsp3) is 0.308. The number of anilines is 1. The maximum atomic E-state index is 13.4. The number of thiazole rings is 1. The van der Waals surface area contributed by atoms with Gasteiger partial charge in [-0.1, -0.05) is 6.92 Å². The lowest BCUT2D eigenvalue weighted by molar-refractivity contribution is -0.137. The standard InChI is InChI=1S/C13H12F4N2S/c1-2-3-10-19-11(12(18)20-10)7-4-8(13(15,16)17)6-9(14)5-7/h4-6H,2-3,18H2,1H3. The van der Waals surface area contributed by atoms with E-state index in [4.69, 9.17) is 5.73 Å². The van der Waals surface area contributed by atoms with E-state index in [1.165, 1.54) is 11.3 Å². The van der Waals surface area contributed by atoms with Crippen molar-refractivity contribution in [1.29, 1.82) is 0 Å². The first-order valence-electron chi connectivity index (χ1n) is 5.94. The zero-order valence-corrected chi connectivity index (χ0v) is 11.4. The predicted molar refractivity (Wildman–Crippen MR) is 70.9 cm³/mol. The van der Waals surface area contributed by atoms with Gasteiger partial charge in [0.25, 0.3) is 0 Å². The molecule has 2 aromatic rings. The molecule has 0 aliphatic carbocycles. The zero-order valence-electron chi connectivity index (χ0n) is 10.6. The Bertz CT molecular complexity index is 619. The minimum atomic E-state index is -4.60. The number of alkyl halides is 3. The number of nitrogen functional groups attached to an aromatic ring is 1. The van der Waals surface area contributed by atoms with Crippen LogP contribution in [0.3, 0.4) is 0 Å². The van der Waals surface area contributed by atoms with Gasteiger partial charge in [0.05, 0.1) is 10.6 Å². The van der Waals surface area contributed by atoms with Crippen LogP contribution in [-0.4, -0.2) is 4.98 Å². The second-order valence-corrected chi connectivity index (χ2v) is 5.41. The molecule has 0 fully saturated rings. The first-order chi connectivity index (χ1) is 9.31. The van der Waals surface area contributed by atoms with Crippen LogP contribution in [-0.2, 0) is 12.6 Å². The van der Waals surface area contributed by atoms with Crippen LogP contribution in [0.4, 0.5) is 22.6 Å². The number of benzene rings is 1. The average molecular weight is 304 g/mol. The molecule has 1 aromatic carbocycles. The van der Waals surface area contributed by atoms with Crippen LogP contribution >= 0.6 is 11.3 Å². The van der Waals surface area contributed by atoms with Crippen molar-refractivity contribution < 1.29 is 17.6 Å². The molecule has 1 heterocycles. The lowest BCUT2D eigenvalue weighted by Gasteiger charge is -2.08. The molecule has 0 amide bonds. The van der Waals surface area contributed by atoms with Crippen molar-refractivity contribution in [3.05, 3.63) is 34.6 Å². The molecular formula is C13H12F4N2S. The van der Waals surface area contributed by atoms with E-state index in [1.54, 1.807) is 0 Å². The highest BCUT2D eigenvalue weighted by Crippen LogP contribution is 2.36. The van der Waals surface area contributed by atoms with Crippen molar-refractivity contribution >= 4 is 16.3 Å². The van der Waals surface area contributed by atoms with E-state index in [1.807, 2.05) is 6.92 Å². The summed E-state index contributed by atoms with van der Waals surface area (Å²) < 4.78 is 51.4. The molecule has 0 saturated carbocycles. The van der Waals surface area contributed by atoms with Crippen LogP contribution in [0.2, 0.25) is 0 Å². The fourth-order valence-electron chi connectivity index (χ4n) is 1.80. The molecule has 0 saturated heterocycles. The number of nitrogens with zero attached hydrogens (tertiary/aromatic N) is 1. The highest BCUT2D eigenvalue weighted by molar-refractivity contribution is 7.16. The van der Waals surface area contributed by atoms with Crippen molar-refractivity contribution in [3.63, 3.8) is 0 Å². The van der Waals surface area contributed by atoms with Crippen LogP contribution in [0.25, 0.3) is 11.3 Å². The van der Waals surface area contributed by atoms with Crippen molar-refractivity contribution in [1.82, 2.24) is 4.98 Å². The van der Waals surface area contributed by atoms with E-state index in [9.17, 15) is 17.6 Å². The van der Waals surface area contributed by atoms with Gasteiger partial charge in [-0.25, -0.2) is 9.37 Å². The number of rotatable bonds is 3. The van der Waals surface area contributed by atoms with E-state index < -0.39 is 17.6 Å². The van der Waals surface area contributed by atoms with Crippen molar-refractivity contribution in [2.75, 3.05) is 5.73 Å². The number of aromatic nitrogens is 1. The maximum Gasteiger partial charge on any atom is 0.416 e. The zero-order chi connectivity index (χ0) is 14.9. The summed E-state index contributed by atoms with van der Waals surface area (Å²) in [4.78, 5) is 4.19. The summed E-state index contributed by atoms with van der Waals surface area (Å²) in [6.45, 7) is 1.96. The quantitative estimate of drug-likeness (QED) is 0.848. The molecular weight excluding hydrogens is 292 g/mol. The molecule has 0 bridgehead atoms. The Morgan fingerprint density at radius 2 is 1.95 bits per heavy atom. The first-order valence-corrected chi connectivity index (χ1v) is 6.76. The Labute approximate surface area is 117 Å². The van der Waals surface area contributed by atoms with Crippen LogP contribution in [0.15, 0.2) is 18.2 Å². The average Bonchev–Trinajstić information content (AvgIpc) is 2.69. The number of hydrogen-bond acceptors (Lipinski definition) is 3. The minimum absolute atomic E-state index is 0.0495. The van der Waals surface area contributed by atoms with Gasteiger partial charge in [0.2, 0.25) is 0 Å². The topological polar surface area (TPSA) is 38.9 Å². The summed E-state index contributed by atoms with van der Waals surface area (Å²) in [7, 11) is 0. The van der Waals surface area contributed by atoms with Crippen LogP contribution < -0.4 is 5.73 Å². The highest BCUT2D eigenvalue weighted by atomic mass is 32.1. The summed E-state index contributed by atoms with van der Waals surface area (Å²) in [6, 6.07) is 2.33. The molecule has 2 rings (SSSR count). The van der Waals surface area contributed by atoms with Gasteiger partial charge in [-0.15, -0.1) is 11.3 Å². The van der Waals surface area contributed by atoms with Crippen LogP contribution in [0, 0.1) is 5.82 Å². The van der Waals surface area contributed by atoms with Crippen LogP contribution in [0.1, 0.15) is 23.9 Å². The molecule has 0 atom stereocenters. The van der Waals surface area contributed by atoms with Gasteiger partial charge >= 0.3 is 6.18 Å². The van der Waals surface area contributed by atoms with E-state index in [-0.39, 0.29) is 11.3 Å². The van der Waals surface area contributed by atoms with Crippen molar-refractivity contribution in [2.24, 2.45) is 0 Å². The van der Waals surface area contributed by atoms with Gasteiger partial charge in [0, 0.05) is 5.56 Å². The van der Waals surface area contributed by atoms with Crippen molar-refractivity contribution in [2.45, 2.75) is 25.9 Å². The smallest absolute Gasteiger partial charge is 0.389 e. The van der Waals surface area contributed by atoms with Gasteiger partial charge in [-0.2, -0.15) is 13.2 Å². The van der Waals surface area contributed by atoms with E-state index in [0.717, 1.165) is 23.6 Å². The second kappa shape index (κ2) is 5.40. The van der Waals surface area contributed by atoms with E-state index in [2.05, 4.69) is 4.98 Å². The summed E-state index contributed by atoms with van der Waals surface area (Å²) >= 11 is 1.22. The summed E-state index contributed by atoms with van der Waals surface area (Å²) in [5.74, 6) is -0.959. The third kappa shape index (κ3) is 3.09. The number of nitrogens with two attached hydrogens (primary N) is 1. The maximum absolute atomic E-state index is 13.4. The van der Waals surface area contributed by atoms with Crippen LogP contribution in [0.5, 0.6) is 0 Å². The van der Waals surface area contributed by atoms with Crippen molar-refractivity contribution in [3.8, 4) is 11.3 Å². The molecule has 108 valence electrons. The molecule has 0 spiro atoms.